The number of nitrogens with one attached hydrogen (secondary N) is 1. The smallest absolute Gasteiger partial charge is 0.314 e. The van der Waals surface area contributed by atoms with Crippen molar-refractivity contribution in [3.8, 4) is 17.2 Å². The minimum Gasteiger partial charge on any atom is -0.497 e. The van der Waals surface area contributed by atoms with Crippen LogP contribution >= 0.6 is 0 Å². The van der Waals surface area contributed by atoms with Gasteiger partial charge in [0, 0.05) is 5.69 Å². The molecule has 1 amide bonds. The molecule has 24 heavy (non-hydrogen) atoms. The summed E-state index contributed by atoms with van der Waals surface area (Å²) in [4.78, 5) is 22.3. The summed E-state index contributed by atoms with van der Waals surface area (Å²) >= 11 is 0. The van der Waals surface area contributed by atoms with E-state index in [0.717, 1.165) is 0 Å². The maximum atomic E-state index is 11.9. The van der Waals surface area contributed by atoms with Gasteiger partial charge < -0.3 is 19.5 Å². The number of nitrogens with zero attached hydrogens (tertiary/aromatic N) is 1. The molecule has 0 aromatic heterocycles. The van der Waals surface area contributed by atoms with Crippen molar-refractivity contribution in [2.45, 2.75) is 0 Å². The molecule has 2 rings (SSSR count). The maximum absolute atomic E-state index is 11.9. The molecule has 0 saturated carbocycles. The Morgan fingerprint density at radius 1 is 1.08 bits per heavy atom. The number of ether oxygens (including phenoxy) is 3. The van der Waals surface area contributed by atoms with E-state index < -0.39 is 10.8 Å². The fourth-order valence-electron chi connectivity index (χ4n) is 1.90. The Kier molecular flexibility index (Phi) is 5.56. The minimum absolute atomic E-state index is 0.00863. The van der Waals surface area contributed by atoms with E-state index in [-0.39, 0.29) is 18.0 Å². The molecule has 0 aliphatic heterocycles. The fraction of sp³-hybridized carbons (Fsp3) is 0.188. The van der Waals surface area contributed by atoms with Gasteiger partial charge in [0.2, 0.25) is 0 Å². The Bertz CT molecular complexity index is 730. The summed E-state index contributed by atoms with van der Waals surface area (Å²) in [7, 11) is 2.95. The lowest BCUT2D eigenvalue weighted by molar-refractivity contribution is -0.385. The van der Waals surface area contributed by atoms with Crippen molar-refractivity contribution < 1.29 is 23.9 Å². The normalized spacial score (nSPS) is 9.92. The van der Waals surface area contributed by atoms with Gasteiger partial charge in [0.1, 0.15) is 11.5 Å². The van der Waals surface area contributed by atoms with Gasteiger partial charge in [-0.15, -0.1) is 0 Å². The van der Waals surface area contributed by atoms with Crippen molar-refractivity contribution in [1.82, 2.24) is 0 Å². The molecule has 0 aliphatic carbocycles. The number of methoxy groups -OCH3 is 2. The minimum atomic E-state index is -0.598. The van der Waals surface area contributed by atoms with Gasteiger partial charge in [0.05, 0.1) is 25.2 Å². The number of hydrogen-bond donors (Lipinski definition) is 1. The second-order valence-electron chi connectivity index (χ2n) is 4.66. The van der Waals surface area contributed by atoms with Crippen molar-refractivity contribution in [1.29, 1.82) is 0 Å². The molecule has 0 aliphatic rings. The first-order chi connectivity index (χ1) is 11.5. The fourth-order valence-corrected chi connectivity index (χ4v) is 1.90. The molecular formula is C16H16N2O6. The van der Waals surface area contributed by atoms with Crippen molar-refractivity contribution in [2.24, 2.45) is 0 Å². The molecule has 0 atom stereocenters. The van der Waals surface area contributed by atoms with E-state index in [4.69, 9.17) is 14.2 Å². The van der Waals surface area contributed by atoms with Crippen LogP contribution in [0.1, 0.15) is 0 Å². The molecule has 2 aromatic carbocycles. The number of amides is 1. The average molecular weight is 332 g/mol. The van der Waals surface area contributed by atoms with Gasteiger partial charge in [0.15, 0.2) is 12.4 Å². The van der Waals surface area contributed by atoms with Crippen LogP contribution < -0.4 is 19.5 Å². The molecule has 0 radical (unpaired) electrons. The molecule has 0 bridgehead atoms. The quantitative estimate of drug-likeness (QED) is 0.618. The maximum Gasteiger partial charge on any atom is 0.314 e. The molecule has 8 heteroatoms. The van der Waals surface area contributed by atoms with Crippen molar-refractivity contribution >= 4 is 17.3 Å². The van der Waals surface area contributed by atoms with E-state index in [2.05, 4.69) is 5.32 Å². The van der Waals surface area contributed by atoms with Crippen LogP contribution in [-0.2, 0) is 4.79 Å². The SMILES string of the molecule is COc1ccc(NC(=O)COc2ccc(OC)cc2[N+](=O)[O-])cc1. The van der Waals surface area contributed by atoms with Crippen LogP contribution in [0.15, 0.2) is 42.5 Å². The first-order valence-electron chi connectivity index (χ1n) is 6.92. The predicted octanol–water partition coefficient (Wildman–Crippen LogP) is 2.63. The molecule has 0 saturated heterocycles. The van der Waals surface area contributed by atoms with Crippen LogP contribution in [0.5, 0.6) is 17.2 Å². The molecule has 0 spiro atoms. The monoisotopic (exact) mass is 332 g/mol. The van der Waals surface area contributed by atoms with E-state index in [1.165, 1.54) is 25.3 Å². The molecule has 0 fully saturated rings. The third-order valence-electron chi connectivity index (χ3n) is 3.10. The third kappa shape index (κ3) is 4.35. The summed E-state index contributed by atoms with van der Waals surface area (Å²) in [6.45, 7) is -0.362. The molecule has 2 aromatic rings. The van der Waals surface area contributed by atoms with Crippen LogP contribution in [0.2, 0.25) is 0 Å². The second-order valence-corrected chi connectivity index (χ2v) is 4.66. The zero-order chi connectivity index (χ0) is 17.5. The molecule has 0 heterocycles. The number of anilines is 1. The number of rotatable bonds is 7. The Labute approximate surface area is 138 Å². The summed E-state index contributed by atoms with van der Waals surface area (Å²) in [5.41, 5.74) is 0.292. The highest BCUT2D eigenvalue weighted by atomic mass is 16.6. The molecule has 126 valence electrons. The topological polar surface area (TPSA) is 99.9 Å². The first-order valence-corrected chi connectivity index (χ1v) is 6.92. The van der Waals surface area contributed by atoms with E-state index in [0.29, 0.717) is 17.2 Å². The molecular weight excluding hydrogens is 316 g/mol. The van der Waals surface area contributed by atoms with Gasteiger partial charge in [-0.3, -0.25) is 14.9 Å². The zero-order valence-corrected chi connectivity index (χ0v) is 13.1. The van der Waals surface area contributed by atoms with Crippen LogP contribution in [0.3, 0.4) is 0 Å². The third-order valence-corrected chi connectivity index (χ3v) is 3.10. The van der Waals surface area contributed by atoms with Crippen LogP contribution in [-0.4, -0.2) is 31.7 Å². The molecule has 8 nitrogen and oxygen atoms in total. The van der Waals surface area contributed by atoms with Gasteiger partial charge in [-0.2, -0.15) is 0 Å². The lowest BCUT2D eigenvalue weighted by Crippen LogP contribution is -2.20. The van der Waals surface area contributed by atoms with Crippen molar-refractivity contribution in [3.63, 3.8) is 0 Å². The number of carbonyl (C=O) groups excluding carboxylic acids is 1. The largest absolute Gasteiger partial charge is 0.497 e. The van der Waals surface area contributed by atoms with Gasteiger partial charge in [-0.25, -0.2) is 0 Å². The summed E-state index contributed by atoms with van der Waals surface area (Å²) in [5.74, 6) is 0.547. The Morgan fingerprint density at radius 3 is 2.29 bits per heavy atom. The summed E-state index contributed by atoms with van der Waals surface area (Å²) < 4.78 is 15.2. The second kappa shape index (κ2) is 7.82. The van der Waals surface area contributed by atoms with E-state index in [9.17, 15) is 14.9 Å². The highest BCUT2D eigenvalue weighted by Gasteiger charge is 2.17. The highest BCUT2D eigenvalue weighted by molar-refractivity contribution is 5.92. The van der Waals surface area contributed by atoms with Gasteiger partial charge in [0.25, 0.3) is 5.91 Å². The Balaban J connectivity index is 1.99. The lowest BCUT2D eigenvalue weighted by atomic mass is 10.3. The van der Waals surface area contributed by atoms with Gasteiger partial charge in [-0.1, -0.05) is 0 Å². The number of benzene rings is 2. The van der Waals surface area contributed by atoms with E-state index >= 15 is 0 Å². The summed E-state index contributed by atoms with van der Waals surface area (Å²) in [6.07, 6.45) is 0. The first kappa shape index (κ1) is 17.1. The Hall–Kier alpha value is -3.29. The lowest BCUT2D eigenvalue weighted by Gasteiger charge is -2.09. The van der Waals surface area contributed by atoms with Crippen LogP contribution in [0.25, 0.3) is 0 Å². The number of nitro groups is 1. The highest BCUT2D eigenvalue weighted by Crippen LogP contribution is 2.30. The van der Waals surface area contributed by atoms with Gasteiger partial charge >= 0.3 is 5.69 Å². The summed E-state index contributed by atoms with van der Waals surface area (Å²) in [6, 6.07) is 10.9. The summed E-state index contributed by atoms with van der Waals surface area (Å²) in [5, 5.41) is 13.7. The molecule has 0 unspecified atom stereocenters. The number of carbonyl (C=O) groups is 1. The Morgan fingerprint density at radius 2 is 1.71 bits per heavy atom. The van der Waals surface area contributed by atoms with Crippen LogP contribution in [0, 0.1) is 10.1 Å². The van der Waals surface area contributed by atoms with Crippen molar-refractivity contribution in [3.05, 3.63) is 52.6 Å². The van der Waals surface area contributed by atoms with E-state index in [1.54, 1.807) is 31.4 Å². The van der Waals surface area contributed by atoms with Crippen molar-refractivity contribution in [2.75, 3.05) is 26.1 Å². The average Bonchev–Trinajstić information content (AvgIpc) is 2.60. The number of hydrogen-bond acceptors (Lipinski definition) is 6. The zero-order valence-electron chi connectivity index (χ0n) is 13.1. The van der Waals surface area contributed by atoms with Gasteiger partial charge in [-0.05, 0) is 36.4 Å². The van der Waals surface area contributed by atoms with Crippen LogP contribution in [0.4, 0.5) is 11.4 Å². The standard InChI is InChI=1S/C16H16N2O6/c1-22-12-5-3-11(4-6-12)17-16(19)10-24-15-8-7-13(23-2)9-14(15)18(20)21/h3-9H,10H2,1-2H3,(H,17,19). The van der Waals surface area contributed by atoms with E-state index in [1.807, 2.05) is 0 Å². The number of nitro benzene ring substituents is 1. The molecule has 1 N–H and O–H groups in total. The predicted molar refractivity (Wildman–Crippen MR) is 86.8 cm³/mol.